The molecule has 0 amide bonds. The first-order chi connectivity index (χ1) is 11.8. The molecule has 1 aliphatic heterocycles. The van der Waals surface area contributed by atoms with Crippen LogP contribution < -0.4 is 15.4 Å². The number of nitrogen functional groups attached to an aromatic ring is 1. The van der Waals surface area contributed by atoms with Crippen molar-refractivity contribution in [3.63, 3.8) is 0 Å². The largest absolute Gasteiger partial charge is 0.487 e. The summed E-state index contributed by atoms with van der Waals surface area (Å²) in [6.07, 6.45) is 0. The van der Waals surface area contributed by atoms with Crippen molar-refractivity contribution in [2.45, 2.75) is 6.61 Å². The van der Waals surface area contributed by atoms with Gasteiger partial charge in [-0.1, -0.05) is 30.3 Å². The molecule has 1 saturated heterocycles. The van der Waals surface area contributed by atoms with Crippen molar-refractivity contribution in [3.8, 4) is 5.75 Å². The van der Waals surface area contributed by atoms with Crippen LogP contribution in [0.1, 0.15) is 5.56 Å². The van der Waals surface area contributed by atoms with Crippen LogP contribution in [0.4, 0.5) is 11.7 Å². The van der Waals surface area contributed by atoms with E-state index in [2.05, 4.69) is 9.88 Å². The zero-order valence-corrected chi connectivity index (χ0v) is 13.3. The number of hydrogen-bond donors (Lipinski definition) is 1. The Labute approximate surface area is 139 Å². The summed E-state index contributed by atoms with van der Waals surface area (Å²) in [7, 11) is 0. The molecule has 1 aliphatic rings. The van der Waals surface area contributed by atoms with E-state index in [0.717, 1.165) is 24.2 Å². The second-order valence-electron chi connectivity index (χ2n) is 5.73. The van der Waals surface area contributed by atoms with Crippen LogP contribution in [0, 0.1) is 0 Å². The van der Waals surface area contributed by atoms with Crippen LogP contribution in [0.2, 0.25) is 0 Å². The molecule has 4 rings (SSSR count). The van der Waals surface area contributed by atoms with Crippen molar-refractivity contribution in [1.82, 2.24) is 4.98 Å². The Bertz CT molecular complexity index is 826. The SMILES string of the molecule is Nc1cc2oc(N3CCOCC3)nc2cc1OCc1ccccc1. The van der Waals surface area contributed by atoms with E-state index in [-0.39, 0.29) is 0 Å². The predicted octanol–water partition coefficient (Wildman–Crippen LogP) is 2.83. The number of aromatic nitrogens is 1. The minimum Gasteiger partial charge on any atom is -0.487 e. The number of oxazole rings is 1. The van der Waals surface area contributed by atoms with Gasteiger partial charge in [-0.3, -0.25) is 0 Å². The number of fused-ring (bicyclic) bond motifs is 1. The summed E-state index contributed by atoms with van der Waals surface area (Å²) in [5, 5.41) is 0. The fourth-order valence-electron chi connectivity index (χ4n) is 2.71. The van der Waals surface area contributed by atoms with Gasteiger partial charge in [0.25, 0.3) is 6.01 Å². The monoisotopic (exact) mass is 325 g/mol. The molecular weight excluding hydrogens is 306 g/mol. The van der Waals surface area contributed by atoms with E-state index < -0.39 is 0 Å². The number of hydrogen-bond acceptors (Lipinski definition) is 6. The molecule has 0 bridgehead atoms. The molecule has 124 valence electrons. The summed E-state index contributed by atoms with van der Waals surface area (Å²) in [4.78, 5) is 6.63. The Morgan fingerprint density at radius 1 is 1.12 bits per heavy atom. The van der Waals surface area contributed by atoms with Crippen molar-refractivity contribution in [2.75, 3.05) is 36.9 Å². The van der Waals surface area contributed by atoms with Crippen molar-refractivity contribution in [1.29, 1.82) is 0 Å². The number of ether oxygens (including phenoxy) is 2. The summed E-state index contributed by atoms with van der Waals surface area (Å²) in [6, 6.07) is 14.2. The smallest absolute Gasteiger partial charge is 0.298 e. The van der Waals surface area contributed by atoms with Gasteiger partial charge >= 0.3 is 0 Å². The molecule has 6 heteroatoms. The molecule has 1 fully saturated rings. The Hall–Kier alpha value is -2.73. The summed E-state index contributed by atoms with van der Waals surface area (Å²) < 4.78 is 17.0. The Morgan fingerprint density at radius 3 is 2.71 bits per heavy atom. The Morgan fingerprint density at radius 2 is 1.92 bits per heavy atom. The number of nitrogens with two attached hydrogens (primary N) is 1. The minimum absolute atomic E-state index is 0.463. The topological polar surface area (TPSA) is 73.8 Å². The second-order valence-corrected chi connectivity index (χ2v) is 5.73. The van der Waals surface area contributed by atoms with Crippen molar-refractivity contribution in [2.24, 2.45) is 0 Å². The van der Waals surface area contributed by atoms with Gasteiger partial charge in [0.15, 0.2) is 5.58 Å². The fraction of sp³-hybridized carbons (Fsp3) is 0.278. The Kier molecular flexibility index (Phi) is 3.96. The van der Waals surface area contributed by atoms with Gasteiger partial charge in [-0.15, -0.1) is 0 Å². The molecule has 0 spiro atoms. The quantitative estimate of drug-likeness (QED) is 0.744. The molecule has 0 unspecified atom stereocenters. The molecule has 0 aliphatic carbocycles. The van der Waals surface area contributed by atoms with Crippen molar-refractivity contribution in [3.05, 3.63) is 48.0 Å². The van der Waals surface area contributed by atoms with Gasteiger partial charge in [0.1, 0.15) is 17.9 Å². The molecule has 0 radical (unpaired) electrons. The van der Waals surface area contributed by atoms with E-state index in [1.807, 2.05) is 36.4 Å². The van der Waals surface area contributed by atoms with E-state index in [0.29, 0.717) is 42.9 Å². The molecule has 1 aromatic heterocycles. The number of nitrogens with zero attached hydrogens (tertiary/aromatic N) is 2. The highest BCUT2D eigenvalue weighted by atomic mass is 16.5. The first kappa shape index (κ1) is 14.8. The lowest BCUT2D eigenvalue weighted by Crippen LogP contribution is -2.36. The number of morpholine rings is 1. The maximum atomic E-state index is 6.09. The highest BCUT2D eigenvalue weighted by Crippen LogP contribution is 2.31. The standard InChI is InChI=1S/C18H19N3O3/c19-14-10-17-15(20-18(24-17)21-6-8-22-9-7-21)11-16(14)23-12-13-4-2-1-3-5-13/h1-5,10-11H,6-9,12,19H2. The van der Waals surface area contributed by atoms with Gasteiger partial charge in [0, 0.05) is 25.2 Å². The third kappa shape index (κ3) is 3.00. The molecule has 2 aromatic carbocycles. The highest BCUT2D eigenvalue weighted by Gasteiger charge is 2.18. The van der Waals surface area contributed by atoms with Crippen LogP contribution in [-0.4, -0.2) is 31.3 Å². The van der Waals surface area contributed by atoms with Crippen molar-refractivity contribution >= 4 is 22.8 Å². The third-order valence-electron chi connectivity index (χ3n) is 4.03. The molecule has 3 aromatic rings. The van der Waals surface area contributed by atoms with E-state index in [4.69, 9.17) is 19.6 Å². The fourth-order valence-corrected chi connectivity index (χ4v) is 2.71. The van der Waals surface area contributed by atoms with Crippen LogP contribution in [0.3, 0.4) is 0 Å². The average Bonchev–Trinajstić information content (AvgIpc) is 3.04. The predicted molar refractivity (Wildman–Crippen MR) is 92.2 cm³/mol. The molecule has 2 N–H and O–H groups in total. The van der Waals surface area contributed by atoms with Crippen LogP contribution in [0.5, 0.6) is 5.75 Å². The van der Waals surface area contributed by atoms with E-state index in [9.17, 15) is 0 Å². The molecule has 0 saturated carbocycles. The molecule has 6 nitrogen and oxygen atoms in total. The maximum absolute atomic E-state index is 6.09. The number of anilines is 2. The summed E-state index contributed by atoms with van der Waals surface area (Å²) in [5.74, 6) is 0.619. The van der Waals surface area contributed by atoms with E-state index in [1.165, 1.54) is 0 Å². The first-order valence-corrected chi connectivity index (χ1v) is 7.99. The normalized spacial score (nSPS) is 14.9. The van der Waals surface area contributed by atoms with E-state index >= 15 is 0 Å². The summed E-state index contributed by atoms with van der Waals surface area (Å²) in [6.45, 7) is 3.39. The van der Waals surface area contributed by atoms with Crippen LogP contribution >= 0.6 is 0 Å². The second kappa shape index (κ2) is 6.41. The van der Waals surface area contributed by atoms with Gasteiger partial charge in [-0.05, 0) is 5.56 Å². The molecule has 2 heterocycles. The first-order valence-electron chi connectivity index (χ1n) is 7.99. The average molecular weight is 325 g/mol. The molecular formula is C18H19N3O3. The maximum Gasteiger partial charge on any atom is 0.298 e. The number of benzene rings is 2. The van der Waals surface area contributed by atoms with Gasteiger partial charge in [0.05, 0.1) is 18.9 Å². The van der Waals surface area contributed by atoms with Gasteiger partial charge < -0.3 is 24.5 Å². The van der Waals surface area contributed by atoms with Crippen LogP contribution in [0.25, 0.3) is 11.1 Å². The number of rotatable bonds is 4. The molecule has 24 heavy (non-hydrogen) atoms. The summed E-state index contributed by atoms with van der Waals surface area (Å²) >= 11 is 0. The van der Waals surface area contributed by atoms with Crippen LogP contribution in [0.15, 0.2) is 46.9 Å². The Balaban J connectivity index is 1.56. The highest BCUT2D eigenvalue weighted by molar-refractivity contribution is 5.82. The van der Waals surface area contributed by atoms with Gasteiger partial charge in [0.2, 0.25) is 0 Å². The summed E-state index contributed by atoms with van der Waals surface area (Å²) in [5.41, 5.74) is 9.14. The zero-order chi connectivity index (χ0) is 16.4. The molecule has 0 atom stereocenters. The minimum atomic E-state index is 0.463. The lowest BCUT2D eigenvalue weighted by atomic mass is 10.2. The third-order valence-corrected chi connectivity index (χ3v) is 4.03. The van der Waals surface area contributed by atoms with Gasteiger partial charge in [-0.25, -0.2) is 0 Å². The van der Waals surface area contributed by atoms with Crippen molar-refractivity contribution < 1.29 is 13.9 Å². The lowest BCUT2D eigenvalue weighted by molar-refractivity contribution is 0.120. The van der Waals surface area contributed by atoms with Gasteiger partial charge in [-0.2, -0.15) is 4.98 Å². The van der Waals surface area contributed by atoms with E-state index in [1.54, 1.807) is 6.07 Å². The lowest BCUT2D eigenvalue weighted by Gasteiger charge is -2.24. The van der Waals surface area contributed by atoms with Crippen LogP contribution in [-0.2, 0) is 11.3 Å². The zero-order valence-electron chi connectivity index (χ0n) is 13.3.